The molecule has 1 heterocycles. The number of amides is 1. The Morgan fingerprint density at radius 2 is 2.31 bits per heavy atom. The largest absolute Gasteiger partial charge is 0.412 e. The summed E-state index contributed by atoms with van der Waals surface area (Å²) in [4.78, 5) is 13.3. The molecule has 1 aromatic carbocycles. The number of nitrogens with one attached hydrogen (secondary N) is 1. The summed E-state index contributed by atoms with van der Waals surface area (Å²) in [5.41, 5.74) is 2.48. The molecule has 1 aliphatic rings. The van der Waals surface area contributed by atoms with Crippen molar-refractivity contribution < 1.29 is 9.53 Å². The summed E-state index contributed by atoms with van der Waals surface area (Å²) in [5, 5.41) is 2.43. The third-order valence-corrected chi connectivity index (χ3v) is 2.82. The molecule has 4 heteroatoms. The molecule has 0 fully saturated rings. The van der Waals surface area contributed by atoms with Gasteiger partial charge in [-0.1, -0.05) is 6.07 Å². The molecule has 86 valence electrons. The van der Waals surface area contributed by atoms with Gasteiger partial charge in [-0.25, -0.2) is 4.79 Å². The van der Waals surface area contributed by atoms with Crippen LogP contribution in [0.3, 0.4) is 0 Å². The van der Waals surface area contributed by atoms with Crippen LogP contribution in [0.25, 0.3) is 0 Å². The fraction of sp³-hybridized carbons (Fsp3) is 0.417. The van der Waals surface area contributed by atoms with Crippen molar-refractivity contribution in [1.82, 2.24) is 5.32 Å². The Morgan fingerprint density at radius 3 is 3.06 bits per heavy atom. The van der Waals surface area contributed by atoms with Crippen molar-refractivity contribution >= 4 is 11.8 Å². The number of carbonyl (C=O) groups excluding carboxylic acids is 1. The van der Waals surface area contributed by atoms with E-state index in [2.05, 4.69) is 17.3 Å². The van der Waals surface area contributed by atoms with E-state index in [4.69, 9.17) is 4.74 Å². The van der Waals surface area contributed by atoms with Gasteiger partial charge in [0.15, 0.2) is 0 Å². The fourth-order valence-corrected chi connectivity index (χ4v) is 1.96. The van der Waals surface area contributed by atoms with Gasteiger partial charge in [0.25, 0.3) is 0 Å². The zero-order valence-electron chi connectivity index (χ0n) is 9.62. The van der Waals surface area contributed by atoms with Crippen LogP contribution in [0.15, 0.2) is 18.2 Å². The Balaban J connectivity index is 2.23. The van der Waals surface area contributed by atoms with Gasteiger partial charge in [0.05, 0.1) is 0 Å². The van der Waals surface area contributed by atoms with E-state index in [0.717, 1.165) is 18.7 Å². The van der Waals surface area contributed by atoms with Gasteiger partial charge < -0.3 is 15.0 Å². The normalized spacial score (nSPS) is 14.2. The number of hydrogen-bond donors (Lipinski definition) is 1. The van der Waals surface area contributed by atoms with E-state index in [0.29, 0.717) is 5.75 Å². The second-order valence-corrected chi connectivity index (χ2v) is 3.96. The Bertz CT molecular complexity index is 404. The number of fused-ring (bicyclic) bond motifs is 1. The number of ether oxygens (including phenoxy) is 1. The SMILES string of the molecule is CNC(=O)Oc1ccc2c(c1)N(C)CCC2. The van der Waals surface area contributed by atoms with Gasteiger partial charge in [0.1, 0.15) is 5.75 Å². The zero-order valence-corrected chi connectivity index (χ0v) is 9.62. The smallest absolute Gasteiger partial charge is 0.410 e. The third-order valence-electron chi connectivity index (χ3n) is 2.82. The number of hydrogen-bond acceptors (Lipinski definition) is 3. The topological polar surface area (TPSA) is 41.6 Å². The second-order valence-electron chi connectivity index (χ2n) is 3.96. The van der Waals surface area contributed by atoms with Crippen molar-refractivity contribution in [3.8, 4) is 5.75 Å². The number of carbonyl (C=O) groups is 1. The van der Waals surface area contributed by atoms with Crippen LogP contribution < -0.4 is 15.0 Å². The zero-order chi connectivity index (χ0) is 11.5. The van der Waals surface area contributed by atoms with Crippen LogP contribution in [0.2, 0.25) is 0 Å². The maximum Gasteiger partial charge on any atom is 0.412 e. The first-order valence-corrected chi connectivity index (χ1v) is 5.44. The molecule has 0 atom stereocenters. The molecular weight excluding hydrogens is 204 g/mol. The van der Waals surface area contributed by atoms with Crippen LogP contribution in [-0.4, -0.2) is 26.7 Å². The quantitative estimate of drug-likeness (QED) is 0.784. The molecule has 4 nitrogen and oxygen atoms in total. The van der Waals surface area contributed by atoms with Gasteiger partial charge in [-0.3, -0.25) is 0 Å². The van der Waals surface area contributed by atoms with E-state index in [1.54, 1.807) is 7.05 Å². The lowest BCUT2D eigenvalue weighted by atomic mass is 10.0. The number of anilines is 1. The molecule has 1 aromatic rings. The number of nitrogens with zero attached hydrogens (tertiary/aromatic N) is 1. The van der Waals surface area contributed by atoms with E-state index in [9.17, 15) is 4.79 Å². The number of benzene rings is 1. The first kappa shape index (κ1) is 10.8. The summed E-state index contributed by atoms with van der Waals surface area (Å²) in [6.45, 7) is 1.05. The standard InChI is InChI=1S/C12H16N2O2/c1-13-12(15)16-10-6-5-9-4-3-7-14(2)11(9)8-10/h5-6,8H,3-4,7H2,1-2H3,(H,13,15). The van der Waals surface area contributed by atoms with Crippen molar-refractivity contribution in [2.24, 2.45) is 0 Å². The summed E-state index contributed by atoms with van der Waals surface area (Å²) in [5.74, 6) is 0.590. The molecule has 0 saturated heterocycles. The summed E-state index contributed by atoms with van der Waals surface area (Å²) < 4.78 is 5.10. The average Bonchev–Trinajstić information content (AvgIpc) is 2.30. The highest BCUT2D eigenvalue weighted by atomic mass is 16.5. The Kier molecular flexibility index (Phi) is 2.99. The van der Waals surface area contributed by atoms with E-state index >= 15 is 0 Å². The van der Waals surface area contributed by atoms with Gasteiger partial charge in [-0.05, 0) is 24.5 Å². The summed E-state index contributed by atoms with van der Waals surface area (Å²) in [7, 11) is 3.61. The van der Waals surface area contributed by atoms with Crippen molar-refractivity contribution in [2.75, 3.05) is 25.5 Å². The van der Waals surface area contributed by atoms with E-state index in [1.807, 2.05) is 18.2 Å². The minimum Gasteiger partial charge on any atom is -0.410 e. The minimum atomic E-state index is -0.432. The number of aryl methyl sites for hydroxylation is 1. The maximum atomic E-state index is 11.1. The van der Waals surface area contributed by atoms with Gasteiger partial charge in [-0.2, -0.15) is 0 Å². The van der Waals surface area contributed by atoms with Crippen molar-refractivity contribution in [3.63, 3.8) is 0 Å². The van der Waals surface area contributed by atoms with Crippen LogP contribution in [0.1, 0.15) is 12.0 Å². The first-order chi connectivity index (χ1) is 7.70. The summed E-state index contributed by atoms with van der Waals surface area (Å²) in [6, 6.07) is 5.79. The molecule has 0 saturated carbocycles. The molecular formula is C12H16N2O2. The van der Waals surface area contributed by atoms with E-state index in [1.165, 1.54) is 12.0 Å². The predicted octanol–water partition coefficient (Wildman–Crippen LogP) is 1.79. The van der Waals surface area contributed by atoms with Crippen molar-refractivity contribution in [2.45, 2.75) is 12.8 Å². The Labute approximate surface area is 95.2 Å². The first-order valence-electron chi connectivity index (χ1n) is 5.44. The summed E-state index contributed by atoms with van der Waals surface area (Å²) >= 11 is 0. The van der Waals surface area contributed by atoms with Crippen molar-refractivity contribution in [1.29, 1.82) is 0 Å². The third kappa shape index (κ3) is 2.10. The van der Waals surface area contributed by atoms with Crippen LogP contribution >= 0.6 is 0 Å². The lowest BCUT2D eigenvalue weighted by Crippen LogP contribution is -2.25. The Morgan fingerprint density at radius 1 is 1.50 bits per heavy atom. The van der Waals surface area contributed by atoms with E-state index < -0.39 is 6.09 Å². The molecule has 1 amide bonds. The van der Waals surface area contributed by atoms with Gasteiger partial charge in [-0.15, -0.1) is 0 Å². The monoisotopic (exact) mass is 220 g/mol. The maximum absolute atomic E-state index is 11.1. The highest BCUT2D eigenvalue weighted by Gasteiger charge is 2.14. The minimum absolute atomic E-state index is 0.432. The molecule has 16 heavy (non-hydrogen) atoms. The molecule has 0 unspecified atom stereocenters. The van der Waals surface area contributed by atoms with Crippen LogP contribution in [-0.2, 0) is 6.42 Å². The van der Waals surface area contributed by atoms with Crippen LogP contribution in [0.5, 0.6) is 5.75 Å². The molecule has 0 aliphatic carbocycles. The Hall–Kier alpha value is -1.71. The molecule has 0 aromatic heterocycles. The second kappa shape index (κ2) is 4.43. The highest BCUT2D eigenvalue weighted by Crippen LogP contribution is 2.29. The predicted molar refractivity (Wildman–Crippen MR) is 63.1 cm³/mol. The molecule has 0 spiro atoms. The lowest BCUT2D eigenvalue weighted by molar-refractivity contribution is 0.203. The lowest BCUT2D eigenvalue weighted by Gasteiger charge is -2.27. The highest BCUT2D eigenvalue weighted by molar-refractivity contribution is 5.71. The molecule has 1 aliphatic heterocycles. The number of rotatable bonds is 1. The average molecular weight is 220 g/mol. The molecule has 1 N–H and O–H groups in total. The molecule has 0 bridgehead atoms. The van der Waals surface area contributed by atoms with Gasteiger partial charge in [0, 0.05) is 32.4 Å². The van der Waals surface area contributed by atoms with E-state index in [-0.39, 0.29) is 0 Å². The fourth-order valence-electron chi connectivity index (χ4n) is 1.96. The van der Waals surface area contributed by atoms with Gasteiger partial charge in [0.2, 0.25) is 0 Å². The van der Waals surface area contributed by atoms with Crippen molar-refractivity contribution in [3.05, 3.63) is 23.8 Å². The molecule has 2 rings (SSSR count). The van der Waals surface area contributed by atoms with Crippen LogP contribution in [0.4, 0.5) is 10.5 Å². The van der Waals surface area contributed by atoms with Gasteiger partial charge >= 0.3 is 6.09 Å². The molecule has 0 radical (unpaired) electrons. The summed E-state index contributed by atoms with van der Waals surface area (Å²) in [6.07, 6.45) is 1.84. The van der Waals surface area contributed by atoms with Crippen LogP contribution in [0, 0.1) is 0 Å².